The zero-order valence-corrected chi connectivity index (χ0v) is 25.3. The first-order chi connectivity index (χ1) is 22.1. The zero-order chi connectivity index (χ0) is 33.3. The van der Waals surface area contributed by atoms with Crippen LogP contribution in [0.4, 0.5) is 4.79 Å². The topological polar surface area (TPSA) is 197 Å². The number of aliphatic carboxylic acids is 1. The molecule has 0 unspecified atom stereocenters. The largest absolute Gasteiger partial charge is 0.481 e. The lowest BCUT2D eigenvalue weighted by Gasteiger charge is -2.25. The number of rotatable bonds is 18. The van der Waals surface area contributed by atoms with E-state index in [0.717, 1.165) is 16.7 Å². The first-order valence-electron chi connectivity index (χ1n) is 14.9. The Hall–Kier alpha value is -5.23. The van der Waals surface area contributed by atoms with E-state index in [1.54, 1.807) is 48.5 Å². The molecule has 3 aromatic rings. The van der Waals surface area contributed by atoms with E-state index in [1.807, 2.05) is 42.5 Å². The summed E-state index contributed by atoms with van der Waals surface area (Å²) in [6.07, 6.45) is -2.65. The number of aliphatic hydroxyl groups is 1. The van der Waals surface area contributed by atoms with Crippen molar-refractivity contribution in [3.63, 3.8) is 0 Å². The fourth-order valence-corrected chi connectivity index (χ4v) is 4.70. The van der Waals surface area contributed by atoms with E-state index in [9.17, 15) is 34.2 Å². The van der Waals surface area contributed by atoms with E-state index in [4.69, 9.17) is 10.5 Å². The van der Waals surface area contributed by atoms with Crippen molar-refractivity contribution >= 4 is 29.8 Å². The normalized spacial score (nSPS) is 13.3. The van der Waals surface area contributed by atoms with E-state index < -0.39 is 66.9 Å². The molecule has 0 heterocycles. The molecular formula is C34H40N4O8. The number of carboxylic acid groups (broad SMARTS) is 1. The molecule has 0 bridgehead atoms. The van der Waals surface area contributed by atoms with Crippen LogP contribution in [0.5, 0.6) is 0 Å². The van der Waals surface area contributed by atoms with Crippen molar-refractivity contribution in [2.45, 2.75) is 69.4 Å². The number of aryl methyl sites for hydroxylation is 1. The molecule has 3 rings (SSSR count). The maximum atomic E-state index is 13.2. The van der Waals surface area contributed by atoms with E-state index in [0.29, 0.717) is 6.42 Å². The van der Waals surface area contributed by atoms with Gasteiger partial charge in [-0.05, 0) is 42.4 Å². The third-order valence-electron chi connectivity index (χ3n) is 7.20. The molecule has 46 heavy (non-hydrogen) atoms. The number of amides is 4. The number of aliphatic hydroxyl groups excluding tert-OH is 1. The maximum absolute atomic E-state index is 13.2. The van der Waals surface area contributed by atoms with Crippen LogP contribution in [-0.4, -0.2) is 64.2 Å². The number of benzene rings is 3. The van der Waals surface area contributed by atoms with Crippen LogP contribution in [0.25, 0.3) is 0 Å². The van der Waals surface area contributed by atoms with Gasteiger partial charge in [0.05, 0.1) is 18.6 Å². The predicted octanol–water partition coefficient (Wildman–Crippen LogP) is 2.23. The van der Waals surface area contributed by atoms with Crippen LogP contribution in [0.15, 0.2) is 91.0 Å². The summed E-state index contributed by atoms with van der Waals surface area (Å²) in [5.41, 5.74) is 7.99. The summed E-state index contributed by atoms with van der Waals surface area (Å²) in [5.74, 6) is -3.53. The number of carbonyl (C=O) groups is 5. The molecule has 7 N–H and O–H groups in total. The second-order valence-corrected chi connectivity index (χ2v) is 10.8. The minimum atomic E-state index is -1.41. The number of carboxylic acids is 1. The Labute approximate surface area is 267 Å². The van der Waals surface area contributed by atoms with Crippen molar-refractivity contribution in [3.05, 3.63) is 108 Å². The van der Waals surface area contributed by atoms with Gasteiger partial charge >= 0.3 is 12.1 Å². The highest BCUT2D eigenvalue weighted by atomic mass is 16.5. The third-order valence-corrected chi connectivity index (χ3v) is 7.20. The molecular weight excluding hydrogens is 592 g/mol. The van der Waals surface area contributed by atoms with Crippen molar-refractivity contribution in [1.29, 1.82) is 0 Å². The van der Waals surface area contributed by atoms with E-state index in [2.05, 4.69) is 16.0 Å². The number of carbonyl (C=O) groups excluding carboxylic acids is 4. The van der Waals surface area contributed by atoms with Crippen LogP contribution in [0.2, 0.25) is 0 Å². The summed E-state index contributed by atoms with van der Waals surface area (Å²) < 4.78 is 5.30. The monoisotopic (exact) mass is 632 g/mol. The zero-order valence-electron chi connectivity index (χ0n) is 25.3. The molecule has 4 amide bonds. The molecule has 0 radical (unpaired) electrons. The molecule has 0 aromatic heterocycles. The van der Waals surface area contributed by atoms with Gasteiger partial charge in [-0.2, -0.15) is 0 Å². The fourth-order valence-electron chi connectivity index (χ4n) is 4.70. The van der Waals surface area contributed by atoms with Gasteiger partial charge in [0.2, 0.25) is 17.7 Å². The minimum Gasteiger partial charge on any atom is -0.481 e. The lowest BCUT2D eigenvalue weighted by atomic mass is 9.98. The standard InChI is InChI=1S/C34H40N4O8/c35-32(43)26(17-16-23-10-4-1-5-11-23)37-33(44)27(18-19-31(41)42)36-30(40)21-29(39)28(20-24-12-6-2-7-13-24)38-34(45)46-22-25-14-8-3-9-15-25/h1-15,26-29,39H,16-22H2,(H2,35,43)(H,36,40)(H,37,44)(H,38,45)(H,41,42)/t26-,27-,28-,29-/m0/s1. The number of hydrogen-bond donors (Lipinski definition) is 6. The Balaban J connectivity index is 1.65. The molecule has 0 aliphatic heterocycles. The summed E-state index contributed by atoms with van der Waals surface area (Å²) in [5, 5.41) is 27.9. The van der Waals surface area contributed by atoms with Crippen molar-refractivity contribution in [2.24, 2.45) is 5.73 Å². The van der Waals surface area contributed by atoms with Crippen molar-refractivity contribution in [1.82, 2.24) is 16.0 Å². The van der Waals surface area contributed by atoms with Crippen LogP contribution in [0.3, 0.4) is 0 Å². The van der Waals surface area contributed by atoms with Crippen molar-refractivity contribution in [3.8, 4) is 0 Å². The Morgan fingerprint density at radius 2 is 1.28 bits per heavy atom. The average molecular weight is 633 g/mol. The molecule has 0 saturated carbocycles. The molecule has 12 nitrogen and oxygen atoms in total. The highest BCUT2D eigenvalue weighted by Gasteiger charge is 2.29. The minimum absolute atomic E-state index is 0.000669. The van der Waals surface area contributed by atoms with Gasteiger partial charge in [0.15, 0.2) is 0 Å². The number of ether oxygens (including phenoxy) is 1. The van der Waals surface area contributed by atoms with E-state index in [-0.39, 0.29) is 25.9 Å². The summed E-state index contributed by atoms with van der Waals surface area (Å²) in [6, 6.07) is 24.0. The predicted molar refractivity (Wildman–Crippen MR) is 169 cm³/mol. The molecule has 12 heteroatoms. The second-order valence-electron chi connectivity index (χ2n) is 10.8. The molecule has 0 spiro atoms. The van der Waals surface area contributed by atoms with Gasteiger partial charge in [-0.25, -0.2) is 4.79 Å². The highest BCUT2D eigenvalue weighted by molar-refractivity contribution is 5.92. The SMILES string of the molecule is NC(=O)[C@H](CCc1ccccc1)NC(=O)[C@H](CCC(=O)O)NC(=O)C[C@H](O)[C@H](Cc1ccccc1)NC(=O)OCc1ccccc1. The Morgan fingerprint density at radius 1 is 0.717 bits per heavy atom. The lowest BCUT2D eigenvalue weighted by Crippen LogP contribution is -2.54. The van der Waals surface area contributed by atoms with Crippen LogP contribution in [0, 0.1) is 0 Å². The molecule has 0 saturated heterocycles. The Morgan fingerprint density at radius 3 is 1.85 bits per heavy atom. The van der Waals surface area contributed by atoms with Crippen LogP contribution in [-0.2, 0) is 43.4 Å². The molecule has 244 valence electrons. The molecule has 0 aliphatic carbocycles. The third kappa shape index (κ3) is 12.8. The summed E-state index contributed by atoms with van der Waals surface area (Å²) in [6.45, 7) is -0.000669. The number of primary amides is 1. The molecule has 4 atom stereocenters. The van der Waals surface area contributed by atoms with Gasteiger partial charge in [-0.3, -0.25) is 19.2 Å². The van der Waals surface area contributed by atoms with Gasteiger partial charge in [0.25, 0.3) is 0 Å². The van der Waals surface area contributed by atoms with E-state index >= 15 is 0 Å². The molecule has 0 aliphatic rings. The summed E-state index contributed by atoms with van der Waals surface area (Å²) >= 11 is 0. The second kappa shape index (κ2) is 18.5. The van der Waals surface area contributed by atoms with Crippen molar-refractivity contribution in [2.75, 3.05) is 0 Å². The number of alkyl carbamates (subject to hydrolysis) is 1. The van der Waals surface area contributed by atoms with Crippen LogP contribution < -0.4 is 21.7 Å². The quantitative estimate of drug-likeness (QED) is 0.123. The average Bonchev–Trinajstić information content (AvgIpc) is 3.04. The molecule has 3 aromatic carbocycles. The van der Waals surface area contributed by atoms with Crippen LogP contribution >= 0.6 is 0 Å². The van der Waals surface area contributed by atoms with Gasteiger partial charge in [-0.15, -0.1) is 0 Å². The first kappa shape index (κ1) is 35.3. The smallest absolute Gasteiger partial charge is 0.407 e. The summed E-state index contributed by atoms with van der Waals surface area (Å²) in [7, 11) is 0. The van der Waals surface area contributed by atoms with Gasteiger partial charge in [-0.1, -0.05) is 91.0 Å². The first-order valence-corrected chi connectivity index (χ1v) is 14.9. The fraction of sp³-hybridized carbons (Fsp3) is 0.324. The lowest BCUT2D eigenvalue weighted by molar-refractivity contribution is -0.138. The van der Waals surface area contributed by atoms with Crippen LogP contribution in [0.1, 0.15) is 42.4 Å². The van der Waals surface area contributed by atoms with Gasteiger partial charge < -0.3 is 36.6 Å². The van der Waals surface area contributed by atoms with E-state index in [1.165, 1.54) is 0 Å². The number of nitrogens with two attached hydrogens (primary N) is 1. The Bertz CT molecular complexity index is 1420. The van der Waals surface area contributed by atoms with Gasteiger partial charge in [0, 0.05) is 6.42 Å². The molecule has 0 fully saturated rings. The summed E-state index contributed by atoms with van der Waals surface area (Å²) in [4.78, 5) is 62.2. The highest BCUT2D eigenvalue weighted by Crippen LogP contribution is 2.12. The van der Waals surface area contributed by atoms with Crippen molar-refractivity contribution < 1.29 is 38.9 Å². The maximum Gasteiger partial charge on any atom is 0.407 e. The number of hydrogen-bond acceptors (Lipinski definition) is 7. The Kier molecular flexibility index (Phi) is 14.2. The number of nitrogens with one attached hydrogen (secondary N) is 3. The van der Waals surface area contributed by atoms with Gasteiger partial charge in [0.1, 0.15) is 18.7 Å².